The topological polar surface area (TPSA) is 44.8 Å². The minimum Gasteiger partial charge on any atom is -0.383 e. The molecule has 5 heteroatoms. The molecule has 1 N–H and O–H groups in total. The van der Waals surface area contributed by atoms with E-state index in [2.05, 4.69) is 29.0 Å². The van der Waals surface area contributed by atoms with Gasteiger partial charge in [0.05, 0.1) is 12.6 Å². The summed E-state index contributed by atoms with van der Waals surface area (Å²) in [5, 5.41) is 3.21. The van der Waals surface area contributed by atoms with E-state index in [1.54, 1.807) is 7.11 Å². The summed E-state index contributed by atoms with van der Waals surface area (Å²) in [7, 11) is 1.76. The SMILES string of the molecule is CC[C@H]1CN([C@@H](C)C(=O)NCC2CCCCC2)CCN1CCOC. The summed E-state index contributed by atoms with van der Waals surface area (Å²) >= 11 is 0. The first-order chi connectivity index (χ1) is 11.7. The Labute approximate surface area is 148 Å². The Balaban J connectivity index is 1.76. The van der Waals surface area contributed by atoms with Gasteiger partial charge in [-0.25, -0.2) is 0 Å². The van der Waals surface area contributed by atoms with Crippen LogP contribution in [0.1, 0.15) is 52.4 Å². The Kier molecular flexibility index (Phi) is 8.50. The molecule has 0 aromatic carbocycles. The first-order valence-corrected chi connectivity index (χ1v) is 9.90. The second kappa shape index (κ2) is 10.4. The van der Waals surface area contributed by atoms with Gasteiger partial charge in [-0.15, -0.1) is 0 Å². The Bertz CT molecular complexity index is 372. The van der Waals surface area contributed by atoms with Crippen molar-refractivity contribution in [2.24, 2.45) is 5.92 Å². The minimum absolute atomic E-state index is 0.0211. The number of nitrogens with one attached hydrogen (secondary N) is 1. The number of piperazine rings is 1. The van der Waals surface area contributed by atoms with Crippen LogP contribution < -0.4 is 5.32 Å². The van der Waals surface area contributed by atoms with E-state index in [1.807, 2.05) is 0 Å². The van der Waals surface area contributed by atoms with E-state index in [0.29, 0.717) is 12.0 Å². The molecule has 1 aliphatic carbocycles. The zero-order valence-corrected chi connectivity index (χ0v) is 15.9. The molecule has 0 radical (unpaired) electrons. The van der Waals surface area contributed by atoms with Crippen LogP contribution in [-0.4, -0.2) is 74.2 Å². The number of methoxy groups -OCH3 is 1. The minimum atomic E-state index is -0.0211. The van der Waals surface area contributed by atoms with Crippen LogP contribution in [0.3, 0.4) is 0 Å². The van der Waals surface area contributed by atoms with Gasteiger partial charge in [0, 0.05) is 45.9 Å². The maximum atomic E-state index is 12.5. The van der Waals surface area contributed by atoms with Gasteiger partial charge in [-0.05, 0) is 32.1 Å². The van der Waals surface area contributed by atoms with Gasteiger partial charge in [-0.1, -0.05) is 26.2 Å². The van der Waals surface area contributed by atoms with Crippen LogP contribution in [0.15, 0.2) is 0 Å². The van der Waals surface area contributed by atoms with Crippen molar-refractivity contribution in [3.05, 3.63) is 0 Å². The largest absolute Gasteiger partial charge is 0.383 e. The molecule has 0 aromatic heterocycles. The van der Waals surface area contributed by atoms with Gasteiger partial charge < -0.3 is 10.1 Å². The molecule has 1 saturated carbocycles. The number of nitrogens with zero attached hydrogens (tertiary/aromatic N) is 2. The van der Waals surface area contributed by atoms with Gasteiger partial charge in [0.1, 0.15) is 0 Å². The zero-order chi connectivity index (χ0) is 17.4. The molecule has 24 heavy (non-hydrogen) atoms. The van der Waals surface area contributed by atoms with Gasteiger partial charge in [-0.3, -0.25) is 14.6 Å². The van der Waals surface area contributed by atoms with Crippen molar-refractivity contribution in [3.63, 3.8) is 0 Å². The molecule has 1 saturated heterocycles. The van der Waals surface area contributed by atoms with Crippen LogP contribution in [0.25, 0.3) is 0 Å². The van der Waals surface area contributed by atoms with Gasteiger partial charge in [0.15, 0.2) is 0 Å². The van der Waals surface area contributed by atoms with E-state index in [0.717, 1.165) is 45.8 Å². The molecule has 140 valence electrons. The van der Waals surface area contributed by atoms with Crippen molar-refractivity contribution < 1.29 is 9.53 Å². The highest BCUT2D eigenvalue weighted by Gasteiger charge is 2.30. The third-order valence-electron chi connectivity index (χ3n) is 5.91. The van der Waals surface area contributed by atoms with E-state index >= 15 is 0 Å². The predicted octanol–water partition coefficient (Wildman–Crippen LogP) is 2.11. The molecule has 0 bridgehead atoms. The molecule has 1 amide bonds. The first kappa shape index (κ1) is 19.7. The Morgan fingerprint density at radius 3 is 2.67 bits per heavy atom. The Hall–Kier alpha value is -0.650. The summed E-state index contributed by atoms with van der Waals surface area (Å²) in [6, 6.07) is 0.509. The quantitative estimate of drug-likeness (QED) is 0.736. The molecule has 5 nitrogen and oxygen atoms in total. The van der Waals surface area contributed by atoms with E-state index in [9.17, 15) is 4.79 Å². The molecule has 2 aliphatic rings. The van der Waals surface area contributed by atoms with Crippen molar-refractivity contribution >= 4 is 5.91 Å². The lowest BCUT2D eigenvalue weighted by Crippen LogP contribution is -2.58. The second-order valence-corrected chi connectivity index (χ2v) is 7.51. The number of carbonyl (C=O) groups is 1. The predicted molar refractivity (Wildman–Crippen MR) is 98.1 cm³/mol. The van der Waals surface area contributed by atoms with Gasteiger partial charge in [-0.2, -0.15) is 0 Å². The van der Waals surface area contributed by atoms with E-state index in [-0.39, 0.29) is 11.9 Å². The fraction of sp³-hybridized carbons (Fsp3) is 0.947. The number of rotatable bonds is 8. The summed E-state index contributed by atoms with van der Waals surface area (Å²) in [4.78, 5) is 17.4. The van der Waals surface area contributed by atoms with Crippen LogP contribution in [0.4, 0.5) is 0 Å². The molecule has 2 atom stereocenters. The third kappa shape index (κ3) is 5.71. The van der Waals surface area contributed by atoms with Crippen molar-refractivity contribution in [2.45, 2.75) is 64.5 Å². The van der Waals surface area contributed by atoms with Crippen LogP contribution in [0, 0.1) is 5.92 Å². The maximum Gasteiger partial charge on any atom is 0.237 e. The van der Waals surface area contributed by atoms with Crippen LogP contribution >= 0.6 is 0 Å². The average molecular weight is 340 g/mol. The van der Waals surface area contributed by atoms with E-state index in [4.69, 9.17) is 4.74 Å². The molecular formula is C19H37N3O2. The highest BCUT2D eigenvalue weighted by molar-refractivity contribution is 5.81. The third-order valence-corrected chi connectivity index (χ3v) is 5.91. The lowest BCUT2D eigenvalue weighted by molar-refractivity contribution is -0.127. The zero-order valence-electron chi connectivity index (χ0n) is 15.9. The molecule has 2 fully saturated rings. The van der Waals surface area contributed by atoms with Crippen molar-refractivity contribution in [1.29, 1.82) is 0 Å². The lowest BCUT2D eigenvalue weighted by Gasteiger charge is -2.43. The van der Waals surface area contributed by atoms with Crippen LogP contribution in [-0.2, 0) is 9.53 Å². The normalized spacial score (nSPS) is 25.5. The summed E-state index contributed by atoms with van der Waals surface area (Å²) in [5.41, 5.74) is 0. The number of hydrogen-bond acceptors (Lipinski definition) is 4. The summed E-state index contributed by atoms with van der Waals surface area (Å²) in [6.45, 7) is 9.93. The van der Waals surface area contributed by atoms with Crippen molar-refractivity contribution in [3.8, 4) is 0 Å². The van der Waals surface area contributed by atoms with Crippen molar-refractivity contribution in [2.75, 3.05) is 46.4 Å². The number of hydrogen-bond donors (Lipinski definition) is 1. The number of carbonyl (C=O) groups excluding carboxylic acids is 1. The number of amides is 1. The molecular weight excluding hydrogens is 302 g/mol. The fourth-order valence-corrected chi connectivity index (χ4v) is 4.11. The molecule has 1 aliphatic heterocycles. The molecule has 0 unspecified atom stereocenters. The molecule has 2 rings (SSSR count). The average Bonchev–Trinajstić information content (AvgIpc) is 2.64. The lowest BCUT2D eigenvalue weighted by atomic mass is 9.89. The standard InChI is InChI=1S/C19H37N3O2/c1-4-18-15-22(11-10-21(18)12-13-24-3)16(2)19(23)20-14-17-8-6-5-7-9-17/h16-18H,4-15H2,1-3H3,(H,20,23)/t16-,18-/m0/s1. The first-order valence-electron chi connectivity index (χ1n) is 9.90. The fourth-order valence-electron chi connectivity index (χ4n) is 4.11. The van der Waals surface area contributed by atoms with E-state index < -0.39 is 0 Å². The molecule has 0 aromatic rings. The summed E-state index contributed by atoms with van der Waals surface area (Å²) < 4.78 is 5.22. The highest BCUT2D eigenvalue weighted by atomic mass is 16.5. The van der Waals surface area contributed by atoms with Crippen LogP contribution in [0.2, 0.25) is 0 Å². The Morgan fingerprint density at radius 2 is 2.00 bits per heavy atom. The highest BCUT2D eigenvalue weighted by Crippen LogP contribution is 2.23. The van der Waals surface area contributed by atoms with Crippen molar-refractivity contribution in [1.82, 2.24) is 15.1 Å². The summed E-state index contributed by atoms with van der Waals surface area (Å²) in [6.07, 6.45) is 7.72. The monoisotopic (exact) mass is 339 g/mol. The van der Waals surface area contributed by atoms with Gasteiger partial charge in [0.2, 0.25) is 5.91 Å². The van der Waals surface area contributed by atoms with Crippen LogP contribution in [0.5, 0.6) is 0 Å². The second-order valence-electron chi connectivity index (χ2n) is 7.51. The summed E-state index contributed by atoms with van der Waals surface area (Å²) in [5.74, 6) is 0.907. The smallest absolute Gasteiger partial charge is 0.237 e. The van der Waals surface area contributed by atoms with E-state index in [1.165, 1.54) is 32.1 Å². The molecule has 0 spiro atoms. The molecule has 1 heterocycles. The Morgan fingerprint density at radius 1 is 1.25 bits per heavy atom. The number of ether oxygens (including phenoxy) is 1. The van der Waals surface area contributed by atoms with Gasteiger partial charge >= 0.3 is 0 Å². The maximum absolute atomic E-state index is 12.5. The van der Waals surface area contributed by atoms with Gasteiger partial charge in [0.25, 0.3) is 0 Å².